The number of carbonyl (C=O) groups is 1. The van der Waals surface area contributed by atoms with Gasteiger partial charge >= 0.3 is 0 Å². The van der Waals surface area contributed by atoms with E-state index in [4.69, 9.17) is 16.3 Å². The maximum Gasteiger partial charge on any atom is 0.259 e. The number of likely N-dealkylation sites (N-methyl/N-ethyl adjacent to an activating group) is 1. The standard InChI is InChI=1S/C23H26ClN5O2S/c1-25-8-7-20(21-4-3-11-32-21)31-19-6-5-16(12-18(19)24)14-29-10-9-28(2)22-17(23(29)30)13-26-15-27-22/h3-6,11-13,15,20,25H,7-10,14H2,1-2H3. The number of carbonyl (C=O) groups excluding carboxylic acids is 1. The number of hydrogen-bond acceptors (Lipinski definition) is 7. The Bertz CT molecular complexity index is 1060. The summed E-state index contributed by atoms with van der Waals surface area (Å²) in [5.74, 6) is 1.23. The lowest BCUT2D eigenvalue weighted by atomic mass is 10.1. The largest absolute Gasteiger partial charge is 0.483 e. The smallest absolute Gasteiger partial charge is 0.259 e. The van der Waals surface area contributed by atoms with Crippen molar-refractivity contribution in [2.45, 2.75) is 19.1 Å². The van der Waals surface area contributed by atoms with Crippen molar-refractivity contribution < 1.29 is 9.53 Å². The topological polar surface area (TPSA) is 70.6 Å². The molecule has 7 nitrogen and oxygen atoms in total. The molecule has 1 atom stereocenters. The molecule has 1 N–H and O–H groups in total. The second-order valence-corrected chi connectivity index (χ2v) is 9.07. The number of hydrogen-bond donors (Lipinski definition) is 1. The van der Waals surface area contributed by atoms with Gasteiger partial charge in [-0.15, -0.1) is 11.3 Å². The van der Waals surface area contributed by atoms with Crippen LogP contribution in [0.2, 0.25) is 5.02 Å². The molecule has 2 aromatic heterocycles. The molecule has 1 aliphatic heterocycles. The number of nitrogens with zero attached hydrogens (tertiary/aromatic N) is 4. The maximum absolute atomic E-state index is 13.1. The Morgan fingerprint density at radius 3 is 2.94 bits per heavy atom. The lowest BCUT2D eigenvalue weighted by Crippen LogP contribution is -2.33. The number of aromatic nitrogens is 2. The van der Waals surface area contributed by atoms with E-state index in [9.17, 15) is 4.79 Å². The van der Waals surface area contributed by atoms with E-state index >= 15 is 0 Å². The molecule has 0 spiro atoms. The second-order valence-electron chi connectivity index (χ2n) is 7.69. The van der Waals surface area contributed by atoms with Gasteiger partial charge in [0.1, 0.15) is 29.6 Å². The molecule has 32 heavy (non-hydrogen) atoms. The molecule has 0 saturated carbocycles. The highest BCUT2D eigenvalue weighted by atomic mass is 35.5. The number of thiophene rings is 1. The summed E-state index contributed by atoms with van der Waals surface area (Å²) < 4.78 is 6.27. The van der Waals surface area contributed by atoms with Gasteiger partial charge in [0, 0.05) is 44.2 Å². The quantitative estimate of drug-likeness (QED) is 0.535. The first-order chi connectivity index (χ1) is 15.6. The van der Waals surface area contributed by atoms with E-state index in [0.717, 1.165) is 18.5 Å². The molecular formula is C23H26ClN5O2S. The van der Waals surface area contributed by atoms with Gasteiger partial charge in [0.15, 0.2) is 0 Å². The van der Waals surface area contributed by atoms with E-state index in [-0.39, 0.29) is 12.0 Å². The van der Waals surface area contributed by atoms with Gasteiger partial charge in [-0.25, -0.2) is 9.97 Å². The molecule has 0 aliphatic carbocycles. The highest BCUT2D eigenvalue weighted by molar-refractivity contribution is 7.10. The number of anilines is 1. The fourth-order valence-corrected chi connectivity index (χ4v) is 4.74. The fraction of sp³-hybridized carbons (Fsp3) is 0.348. The van der Waals surface area contributed by atoms with Crippen LogP contribution in [0.25, 0.3) is 0 Å². The summed E-state index contributed by atoms with van der Waals surface area (Å²) in [6, 6.07) is 9.85. The minimum Gasteiger partial charge on any atom is -0.483 e. The molecule has 9 heteroatoms. The monoisotopic (exact) mass is 471 g/mol. The lowest BCUT2D eigenvalue weighted by Gasteiger charge is -2.22. The molecule has 0 saturated heterocycles. The minimum absolute atomic E-state index is 0.0648. The van der Waals surface area contributed by atoms with Gasteiger partial charge in [0.25, 0.3) is 5.91 Å². The summed E-state index contributed by atoms with van der Waals surface area (Å²) in [4.78, 5) is 26.3. The van der Waals surface area contributed by atoms with Crippen LogP contribution in [0.4, 0.5) is 5.82 Å². The number of fused-ring (bicyclic) bond motifs is 1. The van der Waals surface area contributed by atoms with Crippen molar-refractivity contribution in [3.05, 3.63) is 69.3 Å². The predicted octanol–water partition coefficient (Wildman–Crippen LogP) is 4.01. The third-order valence-corrected chi connectivity index (χ3v) is 6.69. The van der Waals surface area contributed by atoms with Crippen molar-refractivity contribution in [2.75, 3.05) is 38.6 Å². The predicted molar refractivity (Wildman–Crippen MR) is 128 cm³/mol. The van der Waals surface area contributed by atoms with Crippen molar-refractivity contribution in [3.63, 3.8) is 0 Å². The van der Waals surface area contributed by atoms with Crippen molar-refractivity contribution in [3.8, 4) is 5.75 Å². The highest BCUT2D eigenvalue weighted by Gasteiger charge is 2.26. The Morgan fingerprint density at radius 2 is 2.19 bits per heavy atom. The van der Waals surface area contributed by atoms with Crippen LogP contribution in [0.15, 0.2) is 48.2 Å². The molecule has 4 rings (SSSR count). The summed E-state index contributed by atoms with van der Waals surface area (Å²) in [6.07, 6.45) is 3.83. The van der Waals surface area contributed by atoms with Gasteiger partial charge in [0.2, 0.25) is 0 Å². The number of benzene rings is 1. The molecule has 0 fully saturated rings. The van der Waals surface area contributed by atoms with Gasteiger partial charge in [-0.1, -0.05) is 23.7 Å². The molecule has 1 aromatic carbocycles. The minimum atomic E-state index is -0.0776. The van der Waals surface area contributed by atoms with Crippen LogP contribution in [0.5, 0.6) is 5.75 Å². The first kappa shape index (κ1) is 22.5. The summed E-state index contributed by atoms with van der Waals surface area (Å²) in [5, 5.41) is 5.77. The summed E-state index contributed by atoms with van der Waals surface area (Å²) in [7, 11) is 3.86. The van der Waals surface area contributed by atoms with Gasteiger partial charge in [0.05, 0.1) is 5.02 Å². The van der Waals surface area contributed by atoms with E-state index in [0.29, 0.717) is 41.8 Å². The zero-order chi connectivity index (χ0) is 22.5. The van der Waals surface area contributed by atoms with Crippen molar-refractivity contribution in [1.29, 1.82) is 0 Å². The van der Waals surface area contributed by atoms with Crippen molar-refractivity contribution >= 4 is 34.7 Å². The summed E-state index contributed by atoms with van der Waals surface area (Å²) in [5.41, 5.74) is 1.46. The van der Waals surface area contributed by atoms with Crippen LogP contribution in [0.3, 0.4) is 0 Å². The lowest BCUT2D eigenvalue weighted by molar-refractivity contribution is 0.0754. The van der Waals surface area contributed by atoms with E-state index < -0.39 is 0 Å². The van der Waals surface area contributed by atoms with E-state index in [1.54, 1.807) is 22.4 Å². The second kappa shape index (κ2) is 10.3. The number of nitrogens with one attached hydrogen (secondary N) is 1. The molecule has 3 aromatic rings. The van der Waals surface area contributed by atoms with Gasteiger partial charge < -0.3 is 19.9 Å². The van der Waals surface area contributed by atoms with Crippen LogP contribution in [0.1, 0.15) is 33.3 Å². The fourth-order valence-electron chi connectivity index (χ4n) is 3.70. The molecule has 168 valence electrons. The normalized spacial score (nSPS) is 14.8. The average Bonchev–Trinajstić information content (AvgIpc) is 3.31. The zero-order valence-corrected chi connectivity index (χ0v) is 19.7. The van der Waals surface area contributed by atoms with E-state index in [2.05, 4.69) is 26.7 Å². The third kappa shape index (κ3) is 5.03. The molecule has 1 unspecified atom stereocenters. The van der Waals surface area contributed by atoms with Crippen LogP contribution in [-0.2, 0) is 6.54 Å². The number of ether oxygens (including phenoxy) is 1. The zero-order valence-electron chi connectivity index (χ0n) is 18.1. The van der Waals surface area contributed by atoms with Gasteiger partial charge in [-0.2, -0.15) is 0 Å². The molecule has 1 amide bonds. The Labute approximate surface area is 197 Å². The number of amides is 1. The Hall–Kier alpha value is -2.68. The Morgan fingerprint density at radius 1 is 1.31 bits per heavy atom. The number of halogens is 1. The molecule has 0 bridgehead atoms. The van der Waals surface area contributed by atoms with Crippen LogP contribution in [0, 0.1) is 0 Å². The number of rotatable bonds is 8. The average molecular weight is 472 g/mol. The van der Waals surface area contributed by atoms with E-state index in [1.165, 1.54) is 11.2 Å². The molecular weight excluding hydrogens is 446 g/mol. The maximum atomic E-state index is 13.1. The van der Waals surface area contributed by atoms with Crippen LogP contribution in [-0.4, -0.2) is 54.5 Å². The van der Waals surface area contributed by atoms with Crippen LogP contribution < -0.4 is 15.0 Å². The summed E-state index contributed by atoms with van der Waals surface area (Å²) in [6.45, 7) is 2.58. The van der Waals surface area contributed by atoms with Gasteiger partial charge in [-0.05, 0) is 42.7 Å². The SMILES string of the molecule is CNCCC(Oc1ccc(CN2CCN(C)c3ncncc3C2=O)cc1Cl)c1cccs1. The first-order valence-corrected chi connectivity index (χ1v) is 11.8. The molecule has 1 aliphatic rings. The summed E-state index contributed by atoms with van der Waals surface area (Å²) >= 11 is 8.27. The highest BCUT2D eigenvalue weighted by Crippen LogP contribution is 2.33. The Balaban J connectivity index is 1.49. The van der Waals surface area contributed by atoms with Crippen LogP contribution >= 0.6 is 22.9 Å². The third-order valence-electron chi connectivity index (χ3n) is 5.43. The van der Waals surface area contributed by atoms with Crippen molar-refractivity contribution in [1.82, 2.24) is 20.2 Å². The first-order valence-electron chi connectivity index (χ1n) is 10.5. The molecule has 0 radical (unpaired) electrons. The van der Waals surface area contributed by atoms with Crippen molar-refractivity contribution in [2.24, 2.45) is 0 Å². The van der Waals surface area contributed by atoms with Gasteiger partial charge in [-0.3, -0.25) is 4.79 Å². The van der Waals surface area contributed by atoms with E-state index in [1.807, 2.05) is 43.3 Å². The Kier molecular flexibility index (Phi) is 7.24. The molecule has 3 heterocycles.